The molecule has 0 saturated carbocycles. The quantitative estimate of drug-likeness (QED) is 0.636. The number of ether oxygens (including phenoxy) is 1. The van der Waals surface area contributed by atoms with Gasteiger partial charge in [0.05, 0.1) is 12.1 Å². The van der Waals surface area contributed by atoms with E-state index < -0.39 is 0 Å². The number of aliphatic imine (C=N–C) groups is 1. The number of rotatable bonds is 4. The minimum Gasteiger partial charge on any atom is -0.377 e. The summed E-state index contributed by atoms with van der Waals surface area (Å²) in [7, 11) is 1.67. The van der Waals surface area contributed by atoms with E-state index in [1.165, 1.54) is 11.1 Å². The van der Waals surface area contributed by atoms with Crippen molar-refractivity contribution in [3.8, 4) is 0 Å². The highest BCUT2D eigenvalue weighted by molar-refractivity contribution is 5.92. The highest BCUT2D eigenvalue weighted by Crippen LogP contribution is 2.13. The van der Waals surface area contributed by atoms with E-state index in [-0.39, 0.29) is 5.60 Å². The monoisotopic (exact) mass is 249 g/mol. The predicted octanol–water partition coefficient (Wildman–Crippen LogP) is 2.46. The largest absolute Gasteiger partial charge is 0.377 e. The minimum absolute atomic E-state index is 0.297. The average molecular weight is 249 g/mol. The van der Waals surface area contributed by atoms with Crippen molar-refractivity contribution in [2.24, 2.45) is 10.7 Å². The number of nitrogens with two attached hydrogens (primary N) is 1. The summed E-state index contributed by atoms with van der Waals surface area (Å²) in [5, 5.41) is 3.09. The van der Waals surface area contributed by atoms with Crippen LogP contribution in [0.5, 0.6) is 0 Å². The van der Waals surface area contributed by atoms with Crippen LogP contribution in [-0.4, -0.2) is 25.2 Å². The first kappa shape index (κ1) is 14.5. The average Bonchev–Trinajstić information content (AvgIpc) is 2.25. The molecule has 3 N–H and O–H groups in total. The Bertz CT molecular complexity index is 418. The van der Waals surface area contributed by atoms with Crippen LogP contribution < -0.4 is 11.1 Å². The van der Waals surface area contributed by atoms with Gasteiger partial charge in [0.1, 0.15) is 0 Å². The van der Waals surface area contributed by atoms with Gasteiger partial charge >= 0.3 is 0 Å². The number of methoxy groups -OCH3 is 1. The molecule has 18 heavy (non-hydrogen) atoms. The van der Waals surface area contributed by atoms with E-state index in [1.807, 2.05) is 26.0 Å². The maximum atomic E-state index is 5.85. The fraction of sp³-hybridized carbons (Fsp3) is 0.500. The van der Waals surface area contributed by atoms with Gasteiger partial charge in [-0.3, -0.25) is 4.99 Å². The Hall–Kier alpha value is -1.55. The first-order valence-corrected chi connectivity index (χ1v) is 6.03. The molecule has 0 aliphatic heterocycles. The second kappa shape index (κ2) is 5.87. The summed E-state index contributed by atoms with van der Waals surface area (Å²) in [6.45, 7) is 8.58. The minimum atomic E-state index is -0.297. The van der Waals surface area contributed by atoms with Crippen molar-refractivity contribution < 1.29 is 4.74 Å². The molecular formula is C14H23N3O. The number of guanidine groups is 1. The molecule has 0 fully saturated rings. The standard InChI is InChI=1S/C14H23N3O/c1-10-6-11(2)8-12(7-10)17-13(15)16-9-14(3,4)18-5/h6-8H,9H2,1-5H3,(H3,15,16,17). The topological polar surface area (TPSA) is 59.6 Å². The van der Waals surface area contributed by atoms with Crippen molar-refractivity contribution in [3.05, 3.63) is 29.3 Å². The van der Waals surface area contributed by atoms with Gasteiger partial charge in [0.2, 0.25) is 0 Å². The van der Waals surface area contributed by atoms with E-state index in [0.717, 1.165) is 5.69 Å². The number of anilines is 1. The van der Waals surface area contributed by atoms with Gasteiger partial charge in [-0.05, 0) is 51.0 Å². The molecule has 0 amide bonds. The first-order chi connectivity index (χ1) is 8.32. The number of nitrogens with one attached hydrogen (secondary N) is 1. The fourth-order valence-corrected chi connectivity index (χ4v) is 1.57. The molecule has 0 aromatic heterocycles. The molecule has 0 spiro atoms. The zero-order valence-electron chi connectivity index (χ0n) is 11.9. The van der Waals surface area contributed by atoms with E-state index >= 15 is 0 Å². The molecule has 4 heteroatoms. The van der Waals surface area contributed by atoms with Gasteiger partial charge in [0.15, 0.2) is 5.96 Å². The zero-order chi connectivity index (χ0) is 13.8. The van der Waals surface area contributed by atoms with Crippen LogP contribution in [0.25, 0.3) is 0 Å². The lowest BCUT2D eigenvalue weighted by Gasteiger charge is -2.20. The number of hydrogen-bond donors (Lipinski definition) is 2. The normalized spacial score (nSPS) is 12.6. The van der Waals surface area contributed by atoms with Gasteiger partial charge < -0.3 is 15.8 Å². The molecule has 4 nitrogen and oxygen atoms in total. The third kappa shape index (κ3) is 4.75. The summed E-state index contributed by atoms with van der Waals surface area (Å²) in [5.41, 5.74) is 8.91. The van der Waals surface area contributed by atoms with Crippen molar-refractivity contribution in [2.45, 2.75) is 33.3 Å². The molecule has 0 aliphatic carbocycles. The van der Waals surface area contributed by atoms with Crippen LogP contribution in [0.4, 0.5) is 5.69 Å². The second-order valence-electron chi connectivity index (χ2n) is 5.17. The van der Waals surface area contributed by atoms with Crippen LogP contribution in [0.1, 0.15) is 25.0 Å². The maximum absolute atomic E-state index is 5.85. The summed E-state index contributed by atoms with van der Waals surface area (Å²) in [4.78, 5) is 4.28. The molecule has 0 unspecified atom stereocenters. The van der Waals surface area contributed by atoms with Crippen LogP contribution in [-0.2, 0) is 4.74 Å². The number of benzene rings is 1. The Labute approximate surface area is 109 Å². The highest BCUT2D eigenvalue weighted by Gasteiger charge is 2.15. The lowest BCUT2D eigenvalue weighted by molar-refractivity contribution is 0.0312. The van der Waals surface area contributed by atoms with Crippen LogP contribution in [0.3, 0.4) is 0 Å². The highest BCUT2D eigenvalue weighted by atomic mass is 16.5. The van der Waals surface area contributed by atoms with E-state index in [9.17, 15) is 0 Å². The molecule has 0 saturated heterocycles. The summed E-state index contributed by atoms with van der Waals surface area (Å²) in [6, 6.07) is 6.19. The van der Waals surface area contributed by atoms with Gasteiger partial charge in [-0.1, -0.05) is 6.07 Å². The smallest absolute Gasteiger partial charge is 0.193 e. The van der Waals surface area contributed by atoms with Gasteiger partial charge in [-0.2, -0.15) is 0 Å². The van der Waals surface area contributed by atoms with Crippen LogP contribution in [0.15, 0.2) is 23.2 Å². The van der Waals surface area contributed by atoms with Crippen LogP contribution >= 0.6 is 0 Å². The number of hydrogen-bond acceptors (Lipinski definition) is 2. The Morgan fingerprint density at radius 3 is 2.33 bits per heavy atom. The van der Waals surface area contributed by atoms with Crippen LogP contribution in [0, 0.1) is 13.8 Å². The van der Waals surface area contributed by atoms with Crippen molar-refractivity contribution in [2.75, 3.05) is 19.0 Å². The third-order valence-corrected chi connectivity index (χ3v) is 2.68. The molecule has 0 aliphatic rings. The SMILES string of the molecule is COC(C)(C)CN=C(N)Nc1cc(C)cc(C)c1. The molecule has 1 aromatic carbocycles. The molecule has 1 aromatic rings. The Morgan fingerprint density at radius 2 is 1.83 bits per heavy atom. The van der Waals surface area contributed by atoms with Crippen molar-refractivity contribution >= 4 is 11.6 Å². The van der Waals surface area contributed by atoms with Crippen molar-refractivity contribution in [3.63, 3.8) is 0 Å². The first-order valence-electron chi connectivity index (χ1n) is 6.03. The summed E-state index contributed by atoms with van der Waals surface area (Å²) >= 11 is 0. The van der Waals surface area contributed by atoms with Crippen molar-refractivity contribution in [1.29, 1.82) is 0 Å². The Balaban J connectivity index is 2.69. The summed E-state index contributed by atoms with van der Waals surface area (Å²) in [5.74, 6) is 0.408. The second-order valence-corrected chi connectivity index (χ2v) is 5.17. The Morgan fingerprint density at radius 1 is 1.28 bits per heavy atom. The summed E-state index contributed by atoms with van der Waals surface area (Å²) < 4.78 is 5.29. The number of aryl methyl sites for hydroxylation is 2. The third-order valence-electron chi connectivity index (χ3n) is 2.68. The number of nitrogens with zero attached hydrogens (tertiary/aromatic N) is 1. The molecule has 0 radical (unpaired) electrons. The van der Waals surface area contributed by atoms with Gasteiger partial charge in [-0.15, -0.1) is 0 Å². The fourth-order valence-electron chi connectivity index (χ4n) is 1.57. The molecule has 0 heterocycles. The van der Waals surface area contributed by atoms with E-state index in [1.54, 1.807) is 7.11 Å². The summed E-state index contributed by atoms with van der Waals surface area (Å²) in [6.07, 6.45) is 0. The molecule has 0 atom stereocenters. The van der Waals surface area contributed by atoms with Gasteiger partial charge in [-0.25, -0.2) is 0 Å². The van der Waals surface area contributed by atoms with E-state index in [4.69, 9.17) is 10.5 Å². The van der Waals surface area contributed by atoms with Crippen molar-refractivity contribution in [1.82, 2.24) is 0 Å². The lowest BCUT2D eigenvalue weighted by Crippen LogP contribution is -2.30. The predicted molar refractivity (Wildman–Crippen MR) is 77.1 cm³/mol. The van der Waals surface area contributed by atoms with Gasteiger partial charge in [0.25, 0.3) is 0 Å². The van der Waals surface area contributed by atoms with Crippen LogP contribution in [0.2, 0.25) is 0 Å². The maximum Gasteiger partial charge on any atom is 0.193 e. The lowest BCUT2D eigenvalue weighted by atomic mass is 10.1. The Kier molecular flexibility index (Phi) is 4.73. The van der Waals surface area contributed by atoms with Gasteiger partial charge in [0, 0.05) is 12.8 Å². The molecule has 100 valence electrons. The zero-order valence-corrected chi connectivity index (χ0v) is 11.9. The van der Waals surface area contributed by atoms with E-state index in [0.29, 0.717) is 12.5 Å². The van der Waals surface area contributed by atoms with E-state index in [2.05, 4.69) is 30.2 Å². The molecular weight excluding hydrogens is 226 g/mol. The molecule has 1 rings (SSSR count). The molecule has 0 bridgehead atoms.